The van der Waals surface area contributed by atoms with Crippen LogP contribution in [-0.4, -0.2) is 29.1 Å². The number of nitrogen functional groups attached to an aromatic ring is 1. The van der Waals surface area contributed by atoms with Gasteiger partial charge >= 0.3 is 5.97 Å². The van der Waals surface area contributed by atoms with Gasteiger partial charge in [0.15, 0.2) is 0 Å². The maximum absolute atomic E-state index is 13.2. The molecule has 5 rings (SSSR count). The number of ether oxygens (including phenoxy) is 2. The Labute approximate surface area is 247 Å². The zero-order valence-electron chi connectivity index (χ0n) is 24.2. The van der Waals surface area contributed by atoms with Crippen LogP contribution in [0.25, 0.3) is 0 Å². The Morgan fingerprint density at radius 3 is 2.29 bits per heavy atom. The average Bonchev–Trinajstić information content (AvgIpc) is 3.28. The summed E-state index contributed by atoms with van der Waals surface area (Å²) in [6.45, 7) is 10.1. The van der Waals surface area contributed by atoms with Crippen LogP contribution in [0.15, 0.2) is 84.9 Å². The van der Waals surface area contributed by atoms with E-state index in [1.807, 2.05) is 69.3 Å². The third kappa shape index (κ3) is 7.17. The lowest BCUT2D eigenvalue weighted by Gasteiger charge is -2.40. The number of carbonyl (C=O) groups excluding carboxylic acids is 1. The Hall–Kier alpha value is -3.65. The summed E-state index contributed by atoms with van der Waals surface area (Å²) in [5, 5.41) is 4.22. The van der Waals surface area contributed by atoms with E-state index < -0.39 is 5.60 Å². The minimum absolute atomic E-state index is 0.175. The molecule has 0 aliphatic carbocycles. The van der Waals surface area contributed by atoms with Gasteiger partial charge < -0.3 is 20.5 Å². The SMILES string of the molecule is CC(c1ccccc1)N1Cc2sc(N)c(C(=O)OC(C)(C)C)c2CC1CNCc1ccc(Oc2ccccc2)cc1. The first-order valence-corrected chi connectivity index (χ1v) is 15.0. The van der Waals surface area contributed by atoms with Crippen molar-refractivity contribution in [2.75, 3.05) is 12.3 Å². The lowest BCUT2D eigenvalue weighted by Crippen LogP contribution is -2.47. The topological polar surface area (TPSA) is 76.8 Å². The molecule has 2 unspecified atom stereocenters. The minimum atomic E-state index is -0.580. The molecule has 0 fully saturated rings. The summed E-state index contributed by atoms with van der Waals surface area (Å²) in [6.07, 6.45) is 0.728. The van der Waals surface area contributed by atoms with Gasteiger partial charge in [-0.1, -0.05) is 60.7 Å². The van der Waals surface area contributed by atoms with Crippen LogP contribution in [0.1, 0.15) is 65.7 Å². The Bertz CT molecular complexity index is 1450. The fourth-order valence-corrected chi connectivity index (χ4v) is 6.42. The van der Waals surface area contributed by atoms with Crippen molar-refractivity contribution in [2.24, 2.45) is 0 Å². The molecule has 0 spiro atoms. The van der Waals surface area contributed by atoms with E-state index in [1.165, 1.54) is 22.5 Å². The minimum Gasteiger partial charge on any atom is -0.457 e. The molecule has 1 aliphatic rings. The molecule has 6 nitrogen and oxygen atoms in total. The molecule has 3 aromatic carbocycles. The second kappa shape index (κ2) is 12.5. The number of hydrogen-bond donors (Lipinski definition) is 2. The Morgan fingerprint density at radius 2 is 1.63 bits per heavy atom. The first-order chi connectivity index (χ1) is 19.7. The summed E-state index contributed by atoms with van der Waals surface area (Å²) in [5.74, 6) is 1.30. The highest BCUT2D eigenvalue weighted by Crippen LogP contribution is 2.40. The molecule has 1 aliphatic heterocycles. The van der Waals surface area contributed by atoms with E-state index in [2.05, 4.69) is 53.5 Å². The van der Waals surface area contributed by atoms with E-state index in [9.17, 15) is 4.79 Å². The Morgan fingerprint density at radius 1 is 1.00 bits per heavy atom. The second-order valence-electron chi connectivity index (χ2n) is 11.6. The number of nitrogens with one attached hydrogen (secondary N) is 1. The van der Waals surface area contributed by atoms with E-state index >= 15 is 0 Å². The predicted octanol–water partition coefficient (Wildman–Crippen LogP) is 7.36. The lowest BCUT2D eigenvalue weighted by molar-refractivity contribution is 0.00686. The van der Waals surface area contributed by atoms with Gasteiger partial charge in [-0.25, -0.2) is 4.79 Å². The van der Waals surface area contributed by atoms with E-state index in [0.29, 0.717) is 10.6 Å². The molecule has 41 heavy (non-hydrogen) atoms. The number of esters is 1. The van der Waals surface area contributed by atoms with Crippen molar-refractivity contribution in [1.82, 2.24) is 10.2 Å². The number of rotatable bonds is 9. The first-order valence-electron chi connectivity index (χ1n) is 14.1. The van der Waals surface area contributed by atoms with Gasteiger partial charge in [-0.3, -0.25) is 4.90 Å². The quantitative estimate of drug-likeness (QED) is 0.205. The summed E-state index contributed by atoms with van der Waals surface area (Å²) in [6, 6.07) is 28.9. The molecule has 1 aromatic heterocycles. The molecule has 0 radical (unpaired) electrons. The zero-order valence-corrected chi connectivity index (χ0v) is 25.0. The molecular weight excluding hydrogens is 530 g/mol. The van der Waals surface area contributed by atoms with Crippen molar-refractivity contribution in [2.45, 2.75) is 64.9 Å². The largest absolute Gasteiger partial charge is 0.457 e. The Kier molecular flexibility index (Phi) is 8.78. The van der Waals surface area contributed by atoms with Crippen LogP contribution in [0.5, 0.6) is 11.5 Å². The summed E-state index contributed by atoms with van der Waals surface area (Å²) in [7, 11) is 0. The van der Waals surface area contributed by atoms with Crippen LogP contribution in [0.4, 0.5) is 5.00 Å². The molecule has 0 saturated heterocycles. The third-order valence-corrected chi connectivity index (χ3v) is 8.39. The molecule has 2 heterocycles. The third-order valence-electron chi connectivity index (χ3n) is 7.35. The molecule has 0 saturated carbocycles. The van der Waals surface area contributed by atoms with Gasteiger partial charge in [-0.2, -0.15) is 0 Å². The van der Waals surface area contributed by atoms with E-state index in [0.717, 1.165) is 48.0 Å². The van der Waals surface area contributed by atoms with E-state index in [4.69, 9.17) is 15.2 Å². The van der Waals surface area contributed by atoms with Gasteiger partial charge in [0, 0.05) is 36.6 Å². The van der Waals surface area contributed by atoms with Crippen molar-refractivity contribution in [3.05, 3.63) is 112 Å². The standard InChI is InChI=1S/C34H39N3O3S/c1-23(25-11-7-5-8-12-25)37-22-30-29(31(32(35)41-30)33(38)40-34(2,3)4)19-26(37)21-36-20-24-15-17-28(18-16-24)39-27-13-9-6-10-14-27/h5-18,23,26,36H,19-22,35H2,1-4H3. The Balaban J connectivity index is 1.31. The van der Waals surface area contributed by atoms with Crippen molar-refractivity contribution in [3.63, 3.8) is 0 Å². The molecule has 2 atom stereocenters. The van der Waals surface area contributed by atoms with Gasteiger partial charge in [0.25, 0.3) is 0 Å². The predicted molar refractivity (Wildman–Crippen MR) is 166 cm³/mol. The maximum atomic E-state index is 13.2. The smallest absolute Gasteiger partial charge is 0.341 e. The average molecular weight is 570 g/mol. The zero-order chi connectivity index (χ0) is 29.0. The fraction of sp³-hybridized carbons (Fsp3) is 0.324. The van der Waals surface area contributed by atoms with Gasteiger partial charge in [0.1, 0.15) is 22.1 Å². The van der Waals surface area contributed by atoms with Crippen molar-refractivity contribution >= 4 is 22.3 Å². The van der Waals surface area contributed by atoms with Crippen LogP contribution in [0, 0.1) is 0 Å². The molecule has 214 valence electrons. The molecule has 3 N–H and O–H groups in total. The second-order valence-corrected chi connectivity index (χ2v) is 12.7. The number of fused-ring (bicyclic) bond motifs is 1. The molecule has 0 bridgehead atoms. The normalized spacial score (nSPS) is 16.1. The van der Waals surface area contributed by atoms with Crippen LogP contribution in [0.3, 0.4) is 0 Å². The highest BCUT2D eigenvalue weighted by atomic mass is 32.1. The number of anilines is 1. The first kappa shape index (κ1) is 28.9. The summed E-state index contributed by atoms with van der Waals surface area (Å²) in [4.78, 5) is 16.8. The van der Waals surface area contributed by atoms with Gasteiger partial charge in [0.05, 0.1) is 5.56 Å². The highest BCUT2D eigenvalue weighted by molar-refractivity contribution is 7.16. The maximum Gasteiger partial charge on any atom is 0.341 e. The number of benzene rings is 3. The van der Waals surface area contributed by atoms with Crippen LogP contribution < -0.4 is 15.8 Å². The monoisotopic (exact) mass is 569 g/mol. The van der Waals surface area contributed by atoms with Gasteiger partial charge in [0.2, 0.25) is 0 Å². The fourth-order valence-electron chi connectivity index (χ4n) is 5.33. The number of hydrogen-bond acceptors (Lipinski definition) is 7. The van der Waals surface area contributed by atoms with Gasteiger partial charge in [-0.15, -0.1) is 11.3 Å². The number of nitrogens with two attached hydrogens (primary N) is 1. The lowest BCUT2D eigenvalue weighted by atomic mass is 9.93. The van der Waals surface area contributed by atoms with Crippen molar-refractivity contribution in [1.29, 1.82) is 0 Å². The van der Waals surface area contributed by atoms with Crippen LogP contribution in [-0.2, 0) is 24.2 Å². The van der Waals surface area contributed by atoms with E-state index in [-0.39, 0.29) is 18.1 Å². The van der Waals surface area contributed by atoms with Crippen LogP contribution >= 0.6 is 11.3 Å². The number of nitrogens with zero attached hydrogens (tertiary/aromatic N) is 1. The molecular formula is C34H39N3O3S. The van der Waals surface area contributed by atoms with E-state index in [1.54, 1.807) is 0 Å². The van der Waals surface area contributed by atoms with Crippen LogP contribution in [0.2, 0.25) is 0 Å². The van der Waals surface area contributed by atoms with Crippen molar-refractivity contribution < 1.29 is 14.3 Å². The summed E-state index contributed by atoms with van der Waals surface area (Å²) >= 11 is 1.52. The summed E-state index contributed by atoms with van der Waals surface area (Å²) in [5.41, 5.74) is 9.88. The summed E-state index contributed by atoms with van der Waals surface area (Å²) < 4.78 is 11.7. The number of para-hydroxylation sites is 1. The molecule has 4 aromatic rings. The molecule has 7 heteroatoms. The number of carbonyl (C=O) groups is 1. The number of thiophene rings is 1. The highest BCUT2D eigenvalue weighted by Gasteiger charge is 2.36. The van der Waals surface area contributed by atoms with Crippen molar-refractivity contribution in [3.8, 4) is 11.5 Å². The molecule has 0 amide bonds. The van der Waals surface area contributed by atoms with Gasteiger partial charge in [-0.05, 0) is 75.1 Å².